The molecule has 0 fully saturated rings. The van der Waals surface area contributed by atoms with Gasteiger partial charge in [-0.1, -0.05) is 12.1 Å². The number of benzene rings is 2. The van der Waals surface area contributed by atoms with Crippen LogP contribution in [-0.2, 0) is 6.42 Å². The van der Waals surface area contributed by atoms with Gasteiger partial charge in [0.15, 0.2) is 0 Å². The minimum absolute atomic E-state index is 0.138. The van der Waals surface area contributed by atoms with Gasteiger partial charge >= 0.3 is 0 Å². The summed E-state index contributed by atoms with van der Waals surface area (Å²) >= 11 is 0. The van der Waals surface area contributed by atoms with E-state index in [-0.39, 0.29) is 11.7 Å². The number of rotatable bonds is 2. The molecule has 1 aliphatic rings. The van der Waals surface area contributed by atoms with Crippen LogP contribution in [0.2, 0.25) is 0 Å². The molecular formula is C17H18N2O2. The molecule has 1 aliphatic heterocycles. The first-order valence-electron chi connectivity index (χ1n) is 7.12. The number of fused-ring (bicyclic) bond motifs is 1. The zero-order chi connectivity index (χ0) is 14.8. The molecule has 0 atom stereocenters. The second-order valence-corrected chi connectivity index (χ2v) is 5.27. The van der Waals surface area contributed by atoms with Crippen LogP contribution in [-0.4, -0.2) is 17.6 Å². The molecule has 0 saturated carbocycles. The summed E-state index contributed by atoms with van der Waals surface area (Å²) in [6.07, 6.45) is 2.02. The Labute approximate surface area is 123 Å². The standard InChI is InChI=1S/C17H18N2O2/c1-11-12(5-2-9-16(11)20)17(21)19-15-8-3-7-14-13(15)6-4-10-18-14/h2-3,5,7-9,18,20H,4,6,10H2,1H3,(H,19,21). The number of phenols is 1. The highest BCUT2D eigenvalue weighted by Crippen LogP contribution is 2.29. The Hall–Kier alpha value is -2.49. The van der Waals surface area contributed by atoms with Crippen molar-refractivity contribution < 1.29 is 9.90 Å². The molecule has 108 valence electrons. The van der Waals surface area contributed by atoms with Gasteiger partial charge in [0, 0.05) is 29.0 Å². The minimum atomic E-state index is -0.192. The van der Waals surface area contributed by atoms with Gasteiger partial charge in [-0.25, -0.2) is 0 Å². The van der Waals surface area contributed by atoms with Crippen molar-refractivity contribution in [2.24, 2.45) is 0 Å². The topological polar surface area (TPSA) is 61.4 Å². The van der Waals surface area contributed by atoms with Crippen molar-refractivity contribution >= 4 is 17.3 Å². The molecule has 0 aromatic heterocycles. The lowest BCUT2D eigenvalue weighted by atomic mass is 10.0. The van der Waals surface area contributed by atoms with E-state index in [0.717, 1.165) is 36.3 Å². The summed E-state index contributed by atoms with van der Waals surface area (Å²) in [6.45, 7) is 2.71. The van der Waals surface area contributed by atoms with Crippen LogP contribution in [0.15, 0.2) is 36.4 Å². The van der Waals surface area contributed by atoms with Crippen LogP contribution in [0.5, 0.6) is 5.75 Å². The first-order valence-corrected chi connectivity index (χ1v) is 7.12. The molecule has 21 heavy (non-hydrogen) atoms. The lowest BCUT2D eigenvalue weighted by Crippen LogP contribution is -2.18. The van der Waals surface area contributed by atoms with Gasteiger partial charge in [0.25, 0.3) is 5.91 Å². The number of carbonyl (C=O) groups excluding carboxylic acids is 1. The molecule has 0 unspecified atom stereocenters. The summed E-state index contributed by atoms with van der Waals surface area (Å²) in [5.74, 6) is -0.0539. The van der Waals surface area contributed by atoms with Crippen LogP contribution in [0.25, 0.3) is 0 Å². The summed E-state index contributed by atoms with van der Waals surface area (Å²) in [5, 5.41) is 16.0. The SMILES string of the molecule is Cc1c(O)cccc1C(=O)Nc1cccc2c1CCCN2. The van der Waals surface area contributed by atoms with Crippen molar-refractivity contribution in [1.82, 2.24) is 0 Å². The lowest BCUT2D eigenvalue weighted by Gasteiger charge is -2.21. The lowest BCUT2D eigenvalue weighted by molar-refractivity contribution is 0.102. The van der Waals surface area contributed by atoms with Gasteiger partial charge in [0.2, 0.25) is 0 Å². The zero-order valence-electron chi connectivity index (χ0n) is 11.9. The average molecular weight is 282 g/mol. The van der Waals surface area contributed by atoms with Crippen LogP contribution >= 0.6 is 0 Å². The average Bonchev–Trinajstić information content (AvgIpc) is 2.50. The third-order valence-corrected chi connectivity index (χ3v) is 3.89. The number of carbonyl (C=O) groups is 1. The normalized spacial score (nSPS) is 13.2. The van der Waals surface area contributed by atoms with E-state index in [1.807, 2.05) is 18.2 Å². The Morgan fingerprint density at radius 2 is 2.05 bits per heavy atom. The summed E-state index contributed by atoms with van der Waals surface area (Å²) < 4.78 is 0. The number of anilines is 2. The molecule has 4 heteroatoms. The fourth-order valence-corrected chi connectivity index (χ4v) is 2.69. The van der Waals surface area contributed by atoms with Gasteiger partial charge in [0.05, 0.1) is 0 Å². The molecule has 4 nitrogen and oxygen atoms in total. The van der Waals surface area contributed by atoms with Gasteiger partial charge in [-0.3, -0.25) is 4.79 Å². The summed E-state index contributed by atoms with van der Waals surface area (Å²) in [7, 11) is 0. The third-order valence-electron chi connectivity index (χ3n) is 3.89. The van der Waals surface area contributed by atoms with E-state index < -0.39 is 0 Å². The van der Waals surface area contributed by atoms with E-state index in [9.17, 15) is 9.90 Å². The molecule has 1 heterocycles. The Balaban J connectivity index is 1.90. The van der Waals surface area contributed by atoms with Gasteiger partial charge < -0.3 is 15.7 Å². The maximum absolute atomic E-state index is 12.4. The van der Waals surface area contributed by atoms with E-state index in [1.165, 1.54) is 0 Å². The largest absolute Gasteiger partial charge is 0.508 e. The number of hydrogen-bond acceptors (Lipinski definition) is 3. The number of phenolic OH excluding ortho intramolecular Hbond substituents is 1. The molecule has 0 spiro atoms. The zero-order valence-corrected chi connectivity index (χ0v) is 11.9. The third kappa shape index (κ3) is 2.57. The summed E-state index contributed by atoms with van der Waals surface area (Å²) in [5.41, 5.74) is 4.17. The molecule has 0 saturated heterocycles. The molecule has 0 bridgehead atoms. The minimum Gasteiger partial charge on any atom is -0.508 e. The van der Waals surface area contributed by atoms with Crippen molar-refractivity contribution in [2.45, 2.75) is 19.8 Å². The smallest absolute Gasteiger partial charge is 0.256 e. The van der Waals surface area contributed by atoms with E-state index in [2.05, 4.69) is 10.6 Å². The summed E-state index contributed by atoms with van der Waals surface area (Å²) in [4.78, 5) is 12.4. The summed E-state index contributed by atoms with van der Waals surface area (Å²) in [6, 6.07) is 10.9. The predicted octanol–water partition coefficient (Wildman–Crippen LogP) is 3.31. The van der Waals surface area contributed by atoms with Crippen molar-refractivity contribution in [2.75, 3.05) is 17.2 Å². The van der Waals surface area contributed by atoms with Gasteiger partial charge in [0.1, 0.15) is 5.75 Å². The molecule has 3 rings (SSSR count). The fraction of sp³-hybridized carbons (Fsp3) is 0.235. The van der Waals surface area contributed by atoms with Gasteiger partial charge in [-0.15, -0.1) is 0 Å². The van der Waals surface area contributed by atoms with E-state index >= 15 is 0 Å². The number of amides is 1. The van der Waals surface area contributed by atoms with E-state index in [1.54, 1.807) is 25.1 Å². The highest BCUT2D eigenvalue weighted by atomic mass is 16.3. The predicted molar refractivity (Wildman–Crippen MR) is 84.0 cm³/mol. The van der Waals surface area contributed by atoms with Crippen LogP contribution in [0.4, 0.5) is 11.4 Å². The van der Waals surface area contributed by atoms with Gasteiger partial charge in [-0.05, 0) is 49.6 Å². The highest BCUT2D eigenvalue weighted by Gasteiger charge is 2.16. The molecule has 3 N–H and O–H groups in total. The number of hydrogen-bond donors (Lipinski definition) is 3. The second-order valence-electron chi connectivity index (χ2n) is 5.27. The molecule has 2 aromatic rings. The van der Waals surface area contributed by atoms with Crippen molar-refractivity contribution in [3.63, 3.8) is 0 Å². The van der Waals surface area contributed by atoms with Crippen molar-refractivity contribution in [3.05, 3.63) is 53.1 Å². The quantitative estimate of drug-likeness (QED) is 0.792. The van der Waals surface area contributed by atoms with E-state index in [0.29, 0.717) is 11.1 Å². The van der Waals surface area contributed by atoms with Gasteiger partial charge in [-0.2, -0.15) is 0 Å². The van der Waals surface area contributed by atoms with E-state index in [4.69, 9.17) is 0 Å². The molecule has 2 aromatic carbocycles. The Morgan fingerprint density at radius 3 is 2.90 bits per heavy atom. The molecular weight excluding hydrogens is 264 g/mol. The second kappa shape index (κ2) is 5.48. The van der Waals surface area contributed by atoms with Crippen LogP contribution in [0.3, 0.4) is 0 Å². The fourth-order valence-electron chi connectivity index (χ4n) is 2.69. The number of aromatic hydroxyl groups is 1. The number of nitrogens with one attached hydrogen (secondary N) is 2. The van der Waals surface area contributed by atoms with Crippen LogP contribution < -0.4 is 10.6 Å². The Bertz CT molecular complexity index is 695. The highest BCUT2D eigenvalue weighted by molar-refractivity contribution is 6.06. The van der Waals surface area contributed by atoms with Crippen molar-refractivity contribution in [3.8, 4) is 5.75 Å². The Kier molecular flexibility index (Phi) is 3.52. The molecule has 0 radical (unpaired) electrons. The van der Waals surface area contributed by atoms with Crippen LogP contribution in [0.1, 0.15) is 27.9 Å². The maximum Gasteiger partial charge on any atom is 0.256 e. The first-order chi connectivity index (χ1) is 10.2. The maximum atomic E-state index is 12.4. The van der Waals surface area contributed by atoms with Crippen molar-refractivity contribution in [1.29, 1.82) is 0 Å². The molecule has 1 amide bonds. The molecule has 0 aliphatic carbocycles. The van der Waals surface area contributed by atoms with Crippen LogP contribution in [0, 0.1) is 6.92 Å². The first kappa shape index (κ1) is 13.5. The Morgan fingerprint density at radius 1 is 1.24 bits per heavy atom. The monoisotopic (exact) mass is 282 g/mol.